The Labute approximate surface area is 128 Å². The third kappa shape index (κ3) is 2.52. The van der Waals surface area contributed by atoms with E-state index in [0.29, 0.717) is 5.56 Å². The molecule has 22 heavy (non-hydrogen) atoms. The van der Waals surface area contributed by atoms with Gasteiger partial charge in [0.1, 0.15) is 17.5 Å². The van der Waals surface area contributed by atoms with E-state index in [-0.39, 0.29) is 5.82 Å². The first-order chi connectivity index (χ1) is 10.7. The molecule has 0 bridgehead atoms. The van der Waals surface area contributed by atoms with E-state index in [2.05, 4.69) is 16.0 Å². The largest absolute Gasteiger partial charge is 0.383 e. The number of nitriles is 1. The van der Waals surface area contributed by atoms with Crippen molar-refractivity contribution in [3.63, 3.8) is 0 Å². The summed E-state index contributed by atoms with van der Waals surface area (Å²) >= 11 is 0. The quantitative estimate of drug-likeness (QED) is 0.781. The maximum Gasteiger partial charge on any atom is 0.142 e. The SMILES string of the molecule is Cc1ccc(-c2cc(-c3cccnc3)c(C#N)c(N)n2)cc1. The van der Waals surface area contributed by atoms with Gasteiger partial charge >= 0.3 is 0 Å². The number of benzene rings is 1. The highest BCUT2D eigenvalue weighted by atomic mass is 14.8. The maximum atomic E-state index is 9.37. The van der Waals surface area contributed by atoms with E-state index in [1.165, 1.54) is 5.56 Å². The number of pyridine rings is 2. The minimum Gasteiger partial charge on any atom is -0.383 e. The molecule has 2 aromatic heterocycles. The first kappa shape index (κ1) is 13.8. The number of nitrogens with zero attached hydrogens (tertiary/aromatic N) is 3. The monoisotopic (exact) mass is 286 g/mol. The van der Waals surface area contributed by atoms with Gasteiger partial charge in [-0.15, -0.1) is 0 Å². The predicted octanol–water partition coefficient (Wildman–Crippen LogP) is 3.57. The van der Waals surface area contributed by atoms with Crippen LogP contribution >= 0.6 is 0 Å². The molecule has 0 fully saturated rings. The van der Waals surface area contributed by atoms with Gasteiger partial charge < -0.3 is 5.73 Å². The molecule has 106 valence electrons. The molecular formula is C18H14N4. The number of anilines is 1. The Balaban J connectivity index is 2.21. The number of hydrogen-bond acceptors (Lipinski definition) is 4. The third-order valence-corrected chi connectivity index (χ3v) is 3.48. The fraction of sp³-hybridized carbons (Fsp3) is 0.0556. The summed E-state index contributed by atoms with van der Waals surface area (Å²) in [6.07, 6.45) is 3.41. The van der Waals surface area contributed by atoms with Gasteiger partial charge in [-0.3, -0.25) is 4.98 Å². The van der Waals surface area contributed by atoms with Crippen molar-refractivity contribution in [1.82, 2.24) is 9.97 Å². The molecule has 0 unspecified atom stereocenters. The van der Waals surface area contributed by atoms with Crippen molar-refractivity contribution >= 4 is 5.82 Å². The third-order valence-electron chi connectivity index (χ3n) is 3.48. The number of nitrogens with two attached hydrogens (primary N) is 1. The molecule has 1 aromatic carbocycles. The van der Waals surface area contributed by atoms with Crippen LogP contribution < -0.4 is 5.73 Å². The highest BCUT2D eigenvalue weighted by Crippen LogP contribution is 2.30. The molecule has 0 saturated heterocycles. The Kier molecular flexibility index (Phi) is 3.55. The van der Waals surface area contributed by atoms with E-state index in [0.717, 1.165) is 22.4 Å². The Hall–Kier alpha value is -3.19. The predicted molar refractivity (Wildman–Crippen MR) is 86.8 cm³/mol. The van der Waals surface area contributed by atoms with Crippen LogP contribution in [0.25, 0.3) is 22.4 Å². The molecule has 4 nitrogen and oxygen atoms in total. The molecule has 0 saturated carbocycles. The molecule has 4 heteroatoms. The average Bonchev–Trinajstić information content (AvgIpc) is 2.55. The molecule has 0 spiro atoms. The van der Waals surface area contributed by atoms with Crippen molar-refractivity contribution in [1.29, 1.82) is 5.26 Å². The van der Waals surface area contributed by atoms with Crippen molar-refractivity contribution in [3.8, 4) is 28.5 Å². The van der Waals surface area contributed by atoms with Crippen LogP contribution in [0.4, 0.5) is 5.82 Å². The molecule has 3 aromatic rings. The van der Waals surface area contributed by atoms with Crippen molar-refractivity contribution in [3.05, 3.63) is 66.0 Å². The first-order valence-corrected chi connectivity index (χ1v) is 6.87. The number of aryl methyl sites for hydroxylation is 1. The van der Waals surface area contributed by atoms with Gasteiger partial charge in [0, 0.05) is 29.1 Å². The maximum absolute atomic E-state index is 9.37. The summed E-state index contributed by atoms with van der Waals surface area (Å²) in [7, 11) is 0. The minimum absolute atomic E-state index is 0.236. The molecule has 0 amide bonds. The molecule has 0 aliphatic heterocycles. The summed E-state index contributed by atoms with van der Waals surface area (Å²) in [4.78, 5) is 8.47. The summed E-state index contributed by atoms with van der Waals surface area (Å²) in [5.41, 5.74) is 10.8. The molecule has 2 N–H and O–H groups in total. The molecule has 3 rings (SSSR count). The van der Waals surface area contributed by atoms with E-state index in [1.807, 2.05) is 49.4 Å². The zero-order valence-corrected chi connectivity index (χ0v) is 12.1. The normalized spacial score (nSPS) is 10.2. The lowest BCUT2D eigenvalue weighted by molar-refractivity contribution is 1.29. The Morgan fingerprint density at radius 1 is 1.09 bits per heavy atom. The number of nitrogen functional groups attached to an aromatic ring is 1. The molecule has 0 aliphatic carbocycles. The highest BCUT2D eigenvalue weighted by Gasteiger charge is 2.13. The van der Waals surface area contributed by atoms with E-state index in [4.69, 9.17) is 5.73 Å². The second-order valence-corrected chi connectivity index (χ2v) is 5.03. The summed E-state index contributed by atoms with van der Waals surface area (Å²) in [6, 6.07) is 15.8. The lowest BCUT2D eigenvalue weighted by Crippen LogP contribution is -1.99. The number of hydrogen-bond donors (Lipinski definition) is 1. The van der Waals surface area contributed by atoms with Gasteiger partial charge in [-0.05, 0) is 19.1 Å². The van der Waals surface area contributed by atoms with E-state index in [1.54, 1.807) is 12.4 Å². The van der Waals surface area contributed by atoms with Crippen LogP contribution in [0.5, 0.6) is 0 Å². The Morgan fingerprint density at radius 2 is 1.86 bits per heavy atom. The van der Waals surface area contributed by atoms with Gasteiger partial charge in [-0.2, -0.15) is 5.26 Å². The molecule has 0 radical (unpaired) electrons. The number of rotatable bonds is 2. The summed E-state index contributed by atoms with van der Waals surface area (Å²) in [6.45, 7) is 2.03. The summed E-state index contributed by atoms with van der Waals surface area (Å²) in [5, 5.41) is 9.37. The van der Waals surface area contributed by atoms with Crippen LogP contribution in [0.2, 0.25) is 0 Å². The van der Waals surface area contributed by atoms with Crippen molar-refractivity contribution in [2.45, 2.75) is 6.92 Å². The standard InChI is InChI=1S/C18H14N4/c1-12-4-6-13(7-5-12)17-9-15(14-3-2-8-21-11-14)16(10-19)18(20)22-17/h2-9,11H,1H3,(H2,20,22). The van der Waals surface area contributed by atoms with Crippen LogP contribution in [0.3, 0.4) is 0 Å². The van der Waals surface area contributed by atoms with Crippen LogP contribution in [-0.4, -0.2) is 9.97 Å². The minimum atomic E-state index is 0.236. The summed E-state index contributed by atoms with van der Waals surface area (Å²) in [5.74, 6) is 0.236. The zero-order valence-electron chi connectivity index (χ0n) is 12.1. The summed E-state index contributed by atoms with van der Waals surface area (Å²) < 4.78 is 0. The second-order valence-electron chi connectivity index (χ2n) is 5.03. The van der Waals surface area contributed by atoms with Gasteiger partial charge in [0.05, 0.1) is 5.69 Å². The molecule has 0 atom stereocenters. The Morgan fingerprint density at radius 3 is 2.50 bits per heavy atom. The number of aromatic nitrogens is 2. The lowest BCUT2D eigenvalue weighted by Gasteiger charge is -2.10. The van der Waals surface area contributed by atoms with Gasteiger partial charge in [0.25, 0.3) is 0 Å². The van der Waals surface area contributed by atoms with E-state index < -0.39 is 0 Å². The topological polar surface area (TPSA) is 75.6 Å². The van der Waals surface area contributed by atoms with Gasteiger partial charge in [0.15, 0.2) is 0 Å². The Bertz CT molecular complexity index is 847. The second kappa shape index (κ2) is 5.66. The van der Waals surface area contributed by atoms with Crippen LogP contribution in [0.1, 0.15) is 11.1 Å². The van der Waals surface area contributed by atoms with Gasteiger partial charge in [0.2, 0.25) is 0 Å². The smallest absolute Gasteiger partial charge is 0.142 e. The zero-order chi connectivity index (χ0) is 15.5. The van der Waals surface area contributed by atoms with Crippen LogP contribution in [0.15, 0.2) is 54.9 Å². The van der Waals surface area contributed by atoms with Crippen molar-refractivity contribution < 1.29 is 0 Å². The average molecular weight is 286 g/mol. The van der Waals surface area contributed by atoms with Crippen LogP contribution in [0, 0.1) is 18.3 Å². The molecular weight excluding hydrogens is 272 g/mol. The van der Waals surface area contributed by atoms with Crippen LogP contribution in [-0.2, 0) is 0 Å². The van der Waals surface area contributed by atoms with E-state index >= 15 is 0 Å². The van der Waals surface area contributed by atoms with Crippen molar-refractivity contribution in [2.24, 2.45) is 0 Å². The fourth-order valence-electron chi connectivity index (χ4n) is 2.30. The fourth-order valence-corrected chi connectivity index (χ4v) is 2.30. The highest BCUT2D eigenvalue weighted by molar-refractivity contribution is 5.79. The van der Waals surface area contributed by atoms with E-state index in [9.17, 15) is 5.26 Å². The van der Waals surface area contributed by atoms with Gasteiger partial charge in [-0.25, -0.2) is 4.98 Å². The first-order valence-electron chi connectivity index (χ1n) is 6.87. The molecule has 0 aliphatic rings. The molecule has 2 heterocycles. The van der Waals surface area contributed by atoms with Gasteiger partial charge in [-0.1, -0.05) is 35.9 Å². The lowest BCUT2D eigenvalue weighted by atomic mass is 9.99. The van der Waals surface area contributed by atoms with Crippen molar-refractivity contribution in [2.75, 3.05) is 5.73 Å².